The maximum absolute atomic E-state index is 4.20. The molecule has 1 rings (SSSR count). The molecule has 1 heterocycles. The van der Waals surface area contributed by atoms with Gasteiger partial charge in [-0.05, 0) is 18.8 Å². The van der Waals surface area contributed by atoms with Crippen molar-refractivity contribution in [1.29, 1.82) is 0 Å². The normalized spacial score (nSPS) is 11.0. The second kappa shape index (κ2) is 4.79. The summed E-state index contributed by atoms with van der Waals surface area (Å²) in [5.41, 5.74) is 0. The Morgan fingerprint density at radius 3 is 2.83 bits per heavy atom. The Morgan fingerprint density at radius 2 is 2.33 bits per heavy atom. The molecular weight excluding hydrogens is 265 g/mol. The Morgan fingerprint density at radius 1 is 1.58 bits per heavy atom. The van der Waals surface area contributed by atoms with Gasteiger partial charge in [-0.3, -0.25) is 4.68 Å². The monoisotopic (exact) mass is 279 g/mol. The van der Waals surface area contributed by atoms with E-state index in [1.807, 2.05) is 4.68 Å². The van der Waals surface area contributed by atoms with Crippen LogP contribution in [0, 0.1) is 9.75 Å². The van der Waals surface area contributed by atoms with Crippen LogP contribution in [0.1, 0.15) is 26.7 Å². The first-order valence-electron chi connectivity index (χ1n) is 4.23. The molecule has 0 fully saturated rings. The lowest BCUT2D eigenvalue weighted by Gasteiger charge is -2.03. The number of aryl methyl sites for hydroxylation is 1. The zero-order valence-corrected chi connectivity index (χ0v) is 9.65. The lowest BCUT2D eigenvalue weighted by atomic mass is 10.1. The molecule has 0 spiro atoms. The Hall–Kier alpha value is -0.130. The highest BCUT2D eigenvalue weighted by Gasteiger charge is 1.97. The highest BCUT2D eigenvalue weighted by molar-refractivity contribution is 14.1. The maximum Gasteiger partial charge on any atom is 0.211 e. The standard InChI is InChI=1S/C8H14IN3/c1-7(2)4-3-5-12-6-10-8(9)11-12/h6-7H,3-5H2,1-2H3. The van der Waals surface area contributed by atoms with Gasteiger partial charge in [-0.2, -0.15) is 0 Å². The van der Waals surface area contributed by atoms with Crippen LogP contribution in [0.2, 0.25) is 0 Å². The van der Waals surface area contributed by atoms with E-state index >= 15 is 0 Å². The fourth-order valence-electron chi connectivity index (χ4n) is 1.04. The van der Waals surface area contributed by atoms with E-state index in [0.717, 1.165) is 16.3 Å². The van der Waals surface area contributed by atoms with Crippen LogP contribution in [0.3, 0.4) is 0 Å². The van der Waals surface area contributed by atoms with Gasteiger partial charge in [0.25, 0.3) is 0 Å². The third kappa shape index (κ3) is 3.51. The molecule has 0 aromatic carbocycles. The van der Waals surface area contributed by atoms with Crippen LogP contribution in [0.5, 0.6) is 0 Å². The van der Waals surface area contributed by atoms with Crippen molar-refractivity contribution in [2.75, 3.05) is 0 Å². The molecular formula is C8H14IN3. The Bertz CT molecular complexity index is 232. The highest BCUT2D eigenvalue weighted by atomic mass is 127. The first-order chi connectivity index (χ1) is 5.68. The topological polar surface area (TPSA) is 30.7 Å². The molecule has 1 aromatic heterocycles. The van der Waals surface area contributed by atoms with Crippen molar-refractivity contribution in [3.05, 3.63) is 10.2 Å². The summed E-state index contributed by atoms with van der Waals surface area (Å²) in [6, 6.07) is 0. The van der Waals surface area contributed by atoms with E-state index in [0.29, 0.717) is 0 Å². The Balaban J connectivity index is 2.24. The third-order valence-corrected chi connectivity index (χ3v) is 2.17. The molecule has 4 heteroatoms. The molecule has 0 amide bonds. The number of hydrogen-bond donors (Lipinski definition) is 0. The van der Waals surface area contributed by atoms with Crippen LogP contribution in [0.25, 0.3) is 0 Å². The molecule has 0 saturated carbocycles. The second-order valence-electron chi connectivity index (χ2n) is 3.31. The van der Waals surface area contributed by atoms with E-state index in [1.54, 1.807) is 6.33 Å². The molecule has 0 saturated heterocycles. The van der Waals surface area contributed by atoms with E-state index in [4.69, 9.17) is 0 Å². The number of halogens is 1. The van der Waals surface area contributed by atoms with E-state index in [-0.39, 0.29) is 0 Å². The lowest BCUT2D eigenvalue weighted by molar-refractivity contribution is 0.488. The van der Waals surface area contributed by atoms with Crippen LogP contribution in [0.15, 0.2) is 6.33 Å². The first kappa shape index (κ1) is 9.95. The molecule has 3 nitrogen and oxygen atoms in total. The van der Waals surface area contributed by atoms with Gasteiger partial charge in [0.15, 0.2) is 0 Å². The summed E-state index contributed by atoms with van der Waals surface area (Å²) in [6.45, 7) is 5.48. The minimum atomic E-state index is 0.785. The summed E-state index contributed by atoms with van der Waals surface area (Å²) in [5, 5.41) is 4.20. The molecule has 0 atom stereocenters. The van der Waals surface area contributed by atoms with Crippen molar-refractivity contribution in [2.45, 2.75) is 33.2 Å². The van der Waals surface area contributed by atoms with Crippen LogP contribution in [-0.2, 0) is 6.54 Å². The van der Waals surface area contributed by atoms with Gasteiger partial charge in [-0.15, -0.1) is 5.10 Å². The molecule has 0 radical (unpaired) electrons. The van der Waals surface area contributed by atoms with Crippen LogP contribution < -0.4 is 0 Å². The predicted molar refractivity (Wildman–Crippen MR) is 56.8 cm³/mol. The van der Waals surface area contributed by atoms with Gasteiger partial charge in [0.2, 0.25) is 3.83 Å². The van der Waals surface area contributed by atoms with Crippen molar-refractivity contribution >= 4 is 22.6 Å². The Labute approximate surface area is 86.7 Å². The molecule has 0 N–H and O–H groups in total. The average molecular weight is 279 g/mol. The van der Waals surface area contributed by atoms with E-state index in [1.165, 1.54) is 12.8 Å². The van der Waals surface area contributed by atoms with Gasteiger partial charge in [-0.25, -0.2) is 4.98 Å². The summed E-state index contributed by atoms with van der Waals surface area (Å²) in [7, 11) is 0. The highest BCUT2D eigenvalue weighted by Crippen LogP contribution is 2.04. The number of hydrogen-bond acceptors (Lipinski definition) is 2. The first-order valence-corrected chi connectivity index (χ1v) is 5.31. The molecule has 0 bridgehead atoms. The lowest BCUT2D eigenvalue weighted by Crippen LogP contribution is -2.00. The quantitative estimate of drug-likeness (QED) is 0.792. The predicted octanol–water partition coefficient (Wildman–Crippen LogP) is 2.32. The van der Waals surface area contributed by atoms with E-state index in [2.05, 4.69) is 46.5 Å². The summed E-state index contributed by atoms with van der Waals surface area (Å²) >= 11 is 2.12. The van der Waals surface area contributed by atoms with Crippen molar-refractivity contribution in [3.63, 3.8) is 0 Å². The van der Waals surface area contributed by atoms with Crippen LogP contribution in [-0.4, -0.2) is 14.8 Å². The molecule has 1 aromatic rings. The maximum atomic E-state index is 4.20. The van der Waals surface area contributed by atoms with E-state index in [9.17, 15) is 0 Å². The smallest absolute Gasteiger partial charge is 0.211 e. The summed E-state index contributed by atoms with van der Waals surface area (Å²) < 4.78 is 2.74. The van der Waals surface area contributed by atoms with Gasteiger partial charge in [0, 0.05) is 29.1 Å². The van der Waals surface area contributed by atoms with Crippen molar-refractivity contribution in [1.82, 2.24) is 14.8 Å². The third-order valence-electron chi connectivity index (χ3n) is 1.68. The van der Waals surface area contributed by atoms with Crippen molar-refractivity contribution in [2.24, 2.45) is 5.92 Å². The van der Waals surface area contributed by atoms with Crippen LogP contribution in [0.4, 0.5) is 0 Å². The fourth-order valence-corrected chi connectivity index (χ4v) is 1.44. The molecule has 68 valence electrons. The zero-order chi connectivity index (χ0) is 8.97. The zero-order valence-electron chi connectivity index (χ0n) is 7.50. The van der Waals surface area contributed by atoms with Gasteiger partial charge < -0.3 is 0 Å². The largest absolute Gasteiger partial charge is 0.252 e. The van der Waals surface area contributed by atoms with Crippen LogP contribution >= 0.6 is 22.6 Å². The molecule has 0 aliphatic carbocycles. The van der Waals surface area contributed by atoms with Gasteiger partial charge in [0.1, 0.15) is 6.33 Å². The number of rotatable bonds is 4. The fraction of sp³-hybridized carbons (Fsp3) is 0.750. The average Bonchev–Trinajstić information content (AvgIpc) is 2.35. The molecule has 0 aliphatic heterocycles. The van der Waals surface area contributed by atoms with Crippen molar-refractivity contribution in [3.8, 4) is 0 Å². The van der Waals surface area contributed by atoms with Gasteiger partial charge in [-0.1, -0.05) is 13.8 Å². The minimum Gasteiger partial charge on any atom is -0.252 e. The van der Waals surface area contributed by atoms with E-state index < -0.39 is 0 Å². The number of nitrogens with zero attached hydrogens (tertiary/aromatic N) is 3. The number of aromatic nitrogens is 3. The summed E-state index contributed by atoms with van der Waals surface area (Å²) in [4.78, 5) is 4.05. The van der Waals surface area contributed by atoms with Crippen molar-refractivity contribution < 1.29 is 0 Å². The minimum absolute atomic E-state index is 0.785. The molecule has 0 unspecified atom stereocenters. The SMILES string of the molecule is CC(C)CCCn1cnc(I)n1. The molecule has 0 aliphatic rings. The summed E-state index contributed by atoms with van der Waals surface area (Å²) in [6.07, 6.45) is 4.25. The summed E-state index contributed by atoms with van der Waals surface area (Å²) in [5.74, 6) is 0.785. The second-order valence-corrected chi connectivity index (χ2v) is 4.28. The van der Waals surface area contributed by atoms with Gasteiger partial charge in [0.05, 0.1) is 0 Å². The molecule has 12 heavy (non-hydrogen) atoms. The van der Waals surface area contributed by atoms with Gasteiger partial charge >= 0.3 is 0 Å². The Kier molecular flexibility index (Phi) is 3.97.